The first-order chi connectivity index (χ1) is 8.70. The van der Waals surface area contributed by atoms with Gasteiger partial charge in [-0.05, 0) is 42.2 Å². The van der Waals surface area contributed by atoms with Gasteiger partial charge in [0.15, 0.2) is 0 Å². The van der Waals surface area contributed by atoms with Crippen LogP contribution in [0.4, 0.5) is 5.69 Å². The van der Waals surface area contributed by atoms with Crippen LogP contribution in [0.3, 0.4) is 0 Å². The highest BCUT2D eigenvalue weighted by atomic mass is 35.5. The largest absolute Gasteiger partial charge is 0.380 e. The van der Waals surface area contributed by atoms with Crippen LogP contribution >= 0.6 is 11.6 Å². The van der Waals surface area contributed by atoms with E-state index in [1.54, 1.807) is 0 Å². The van der Waals surface area contributed by atoms with Crippen molar-refractivity contribution in [1.82, 2.24) is 0 Å². The molecule has 0 fully saturated rings. The molecule has 0 aromatic heterocycles. The molecule has 0 atom stereocenters. The van der Waals surface area contributed by atoms with Gasteiger partial charge in [-0.1, -0.05) is 48.9 Å². The van der Waals surface area contributed by atoms with Gasteiger partial charge in [-0.15, -0.1) is 0 Å². The molecule has 0 saturated carbocycles. The lowest BCUT2D eigenvalue weighted by atomic mass is 10.1. The SMILES string of the molecule is CCc1ccccc1CNc1cc(C)ccc1Cl. The first-order valence-electron chi connectivity index (χ1n) is 6.27. The summed E-state index contributed by atoms with van der Waals surface area (Å²) in [5.41, 5.74) is 4.93. The van der Waals surface area contributed by atoms with Crippen LogP contribution in [-0.4, -0.2) is 0 Å². The minimum absolute atomic E-state index is 0.773. The highest BCUT2D eigenvalue weighted by Crippen LogP contribution is 2.23. The smallest absolute Gasteiger partial charge is 0.0637 e. The van der Waals surface area contributed by atoms with Gasteiger partial charge in [0, 0.05) is 6.54 Å². The Morgan fingerprint density at radius 3 is 2.50 bits per heavy atom. The first-order valence-corrected chi connectivity index (χ1v) is 6.65. The van der Waals surface area contributed by atoms with Crippen LogP contribution in [0.5, 0.6) is 0 Å². The van der Waals surface area contributed by atoms with E-state index in [9.17, 15) is 0 Å². The molecule has 2 rings (SSSR count). The Morgan fingerprint density at radius 1 is 1.06 bits per heavy atom. The second-order valence-corrected chi connectivity index (χ2v) is 4.87. The molecule has 0 heterocycles. The Labute approximate surface area is 114 Å². The van der Waals surface area contributed by atoms with Gasteiger partial charge in [-0.3, -0.25) is 0 Å². The molecule has 0 aliphatic carbocycles. The van der Waals surface area contributed by atoms with Crippen molar-refractivity contribution < 1.29 is 0 Å². The molecule has 0 unspecified atom stereocenters. The predicted octanol–water partition coefficient (Wildman–Crippen LogP) is 4.82. The van der Waals surface area contributed by atoms with Gasteiger partial charge in [-0.25, -0.2) is 0 Å². The molecule has 1 N–H and O–H groups in total. The lowest BCUT2D eigenvalue weighted by molar-refractivity contribution is 1.04. The Hall–Kier alpha value is -1.47. The van der Waals surface area contributed by atoms with Crippen LogP contribution in [0.2, 0.25) is 5.02 Å². The normalized spacial score (nSPS) is 10.4. The van der Waals surface area contributed by atoms with E-state index in [-0.39, 0.29) is 0 Å². The third-order valence-corrected chi connectivity index (χ3v) is 3.42. The van der Waals surface area contributed by atoms with Crippen LogP contribution in [0, 0.1) is 6.92 Å². The second-order valence-electron chi connectivity index (χ2n) is 4.46. The van der Waals surface area contributed by atoms with Crippen molar-refractivity contribution in [2.75, 3.05) is 5.32 Å². The molecule has 1 nitrogen and oxygen atoms in total. The van der Waals surface area contributed by atoms with Gasteiger partial charge in [0.05, 0.1) is 10.7 Å². The zero-order chi connectivity index (χ0) is 13.0. The molecule has 0 saturated heterocycles. The van der Waals surface area contributed by atoms with Crippen LogP contribution < -0.4 is 5.32 Å². The van der Waals surface area contributed by atoms with Crippen LogP contribution in [-0.2, 0) is 13.0 Å². The summed E-state index contributed by atoms with van der Waals surface area (Å²) in [5.74, 6) is 0. The van der Waals surface area contributed by atoms with Crippen molar-refractivity contribution in [3.05, 3.63) is 64.2 Å². The van der Waals surface area contributed by atoms with E-state index in [0.29, 0.717) is 0 Å². The standard InChI is InChI=1S/C16H18ClN/c1-3-13-6-4-5-7-14(13)11-18-16-10-12(2)8-9-15(16)17/h4-10,18H,3,11H2,1-2H3. The van der Waals surface area contributed by atoms with Gasteiger partial charge in [-0.2, -0.15) is 0 Å². The Morgan fingerprint density at radius 2 is 1.78 bits per heavy atom. The monoisotopic (exact) mass is 259 g/mol. The third kappa shape index (κ3) is 3.05. The van der Waals surface area contributed by atoms with E-state index < -0.39 is 0 Å². The lowest BCUT2D eigenvalue weighted by Gasteiger charge is -2.12. The van der Waals surface area contributed by atoms with Crippen LogP contribution in [0.15, 0.2) is 42.5 Å². The maximum atomic E-state index is 6.17. The van der Waals surface area contributed by atoms with Crippen molar-refractivity contribution in [3.8, 4) is 0 Å². The number of aryl methyl sites for hydroxylation is 2. The second kappa shape index (κ2) is 5.92. The summed E-state index contributed by atoms with van der Waals surface area (Å²) in [6.45, 7) is 5.06. The molecule has 0 radical (unpaired) electrons. The Balaban J connectivity index is 2.14. The van der Waals surface area contributed by atoms with Crippen molar-refractivity contribution in [2.45, 2.75) is 26.8 Å². The van der Waals surface area contributed by atoms with E-state index in [0.717, 1.165) is 23.7 Å². The summed E-state index contributed by atoms with van der Waals surface area (Å²) < 4.78 is 0. The van der Waals surface area contributed by atoms with Gasteiger partial charge in [0.2, 0.25) is 0 Å². The summed E-state index contributed by atoms with van der Waals surface area (Å²) in [5, 5.41) is 4.19. The average Bonchev–Trinajstić information content (AvgIpc) is 2.40. The molecule has 94 valence electrons. The zero-order valence-electron chi connectivity index (χ0n) is 10.8. The Bertz CT molecular complexity index is 534. The Kier molecular flexibility index (Phi) is 4.27. The molecule has 2 aromatic rings. The summed E-state index contributed by atoms with van der Waals surface area (Å²) in [6, 6.07) is 14.5. The third-order valence-electron chi connectivity index (χ3n) is 3.09. The van der Waals surface area contributed by atoms with E-state index in [4.69, 9.17) is 11.6 Å². The van der Waals surface area contributed by atoms with Gasteiger partial charge < -0.3 is 5.32 Å². The maximum Gasteiger partial charge on any atom is 0.0637 e. The highest BCUT2D eigenvalue weighted by Gasteiger charge is 2.02. The number of halogens is 1. The molecule has 0 amide bonds. The van der Waals surface area contributed by atoms with Gasteiger partial charge in [0.1, 0.15) is 0 Å². The fraction of sp³-hybridized carbons (Fsp3) is 0.250. The van der Waals surface area contributed by atoms with Crippen molar-refractivity contribution in [1.29, 1.82) is 0 Å². The van der Waals surface area contributed by atoms with Gasteiger partial charge >= 0.3 is 0 Å². The fourth-order valence-electron chi connectivity index (χ4n) is 2.04. The average molecular weight is 260 g/mol. The molecule has 0 aliphatic rings. The van der Waals surface area contributed by atoms with Crippen molar-refractivity contribution in [2.24, 2.45) is 0 Å². The quantitative estimate of drug-likeness (QED) is 0.830. The number of hydrogen-bond donors (Lipinski definition) is 1. The number of benzene rings is 2. The summed E-state index contributed by atoms with van der Waals surface area (Å²) in [6.07, 6.45) is 1.05. The van der Waals surface area contributed by atoms with E-state index in [1.165, 1.54) is 16.7 Å². The van der Waals surface area contributed by atoms with Crippen LogP contribution in [0.25, 0.3) is 0 Å². The summed E-state index contributed by atoms with van der Waals surface area (Å²) in [4.78, 5) is 0. The van der Waals surface area contributed by atoms with Gasteiger partial charge in [0.25, 0.3) is 0 Å². The van der Waals surface area contributed by atoms with E-state index >= 15 is 0 Å². The number of hydrogen-bond acceptors (Lipinski definition) is 1. The van der Waals surface area contributed by atoms with Crippen molar-refractivity contribution in [3.63, 3.8) is 0 Å². The van der Waals surface area contributed by atoms with E-state index in [2.05, 4.69) is 49.5 Å². The molecule has 0 aliphatic heterocycles. The van der Waals surface area contributed by atoms with Crippen molar-refractivity contribution >= 4 is 17.3 Å². The van der Waals surface area contributed by atoms with E-state index in [1.807, 2.05) is 12.1 Å². The molecular formula is C16H18ClN. The number of nitrogens with one attached hydrogen (secondary N) is 1. The molecular weight excluding hydrogens is 242 g/mol. The first kappa shape index (κ1) is 13.0. The molecule has 2 heteroatoms. The minimum Gasteiger partial charge on any atom is -0.380 e. The summed E-state index contributed by atoms with van der Waals surface area (Å²) in [7, 11) is 0. The molecule has 0 bridgehead atoms. The highest BCUT2D eigenvalue weighted by molar-refractivity contribution is 6.33. The number of rotatable bonds is 4. The fourth-order valence-corrected chi connectivity index (χ4v) is 2.22. The zero-order valence-corrected chi connectivity index (χ0v) is 11.6. The minimum atomic E-state index is 0.773. The van der Waals surface area contributed by atoms with Crippen LogP contribution in [0.1, 0.15) is 23.6 Å². The maximum absolute atomic E-state index is 6.17. The molecule has 0 spiro atoms. The predicted molar refractivity (Wildman–Crippen MR) is 79.3 cm³/mol. The number of anilines is 1. The molecule has 18 heavy (non-hydrogen) atoms. The summed E-state index contributed by atoms with van der Waals surface area (Å²) >= 11 is 6.17. The lowest BCUT2D eigenvalue weighted by Crippen LogP contribution is -2.03. The topological polar surface area (TPSA) is 12.0 Å². The molecule has 2 aromatic carbocycles.